The van der Waals surface area contributed by atoms with Crippen molar-refractivity contribution in [2.45, 2.75) is 57.9 Å². The van der Waals surface area contributed by atoms with Gasteiger partial charge in [0.05, 0.1) is 17.1 Å². The molecular formula is C26H28F3N5O2. The summed E-state index contributed by atoms with van der Waals surface area (Å²) in [6.45, 7) is 5.04. The Morgan fingerprint density at radius 2 is 1.92 bits per heavy atom. The number of aryl methyl sites for hydroxylation is 2. The quantitative estimate of drug-likeness (QED) is 0.489. The molecule has 7 nitrogen and oxygen atoms in total. The van der Waals surface area contributed by atoms with E-state index < -0.39 is 23.9 Å². The third-order valence-corrected chi connectivity index (χ3v) is 6.79. The number of nitrogens with zero attached hydrogens (tertiary/aromatic N) is 3. The average Bonchev–Trinajstić information content (AvgIpc) is 3.36. The number of alkyl halides is 3. The van der Waals surface area contributed by atoms with Crippen molar-refractivity contribution in [3.05, 3.63) is 52.8 Å². The van der Waals surface area contributed by atoms with Gasteiger partial charge in [-0.1, -0.05) is 0 Å². The first-order valence-electron chi connectivity index (χ1n) is 12.1. The van der Waals surface area contributed by atoms with E-state index in [1.54, 1.807) is 13.8 Å². The molecule has 2 atom stereocenters. The molecule has 1 aromatic heterocycles. The Morgan fingerprint density at radius 3 is 2.64 bits per heavy atom. The highest BCUT2D eigenvalue weighted by molar-refractivity contribution is 5.91. The molecule has 0 radical (unpaired) electrons. The minimum Gasteiger partial charge on any atom is -0.480 e. The van der Waals surface area contributed by atoms with Crippen molar-refractivity contribution >= 4 is 28.3 Å². The van der Waals surface area contributed by atoms with Crippen molar-refractivity contribution < 1.29 is 22.7 Å². The van der Waals surface area contributed by atoms with Crippen LogP contribution in [0.4, 0.5) is 24.7 Å². The van der Waals surface area contributed by atoms with E-state index >= 15 is 0 Å². The van der Waals surface area contributed by atoms with Crippen molar-refractivity contribution in [3.8, 4) is 5.75 Å². The Balaban J connectivity index is 1.46. The number of rotatable bonds is 4. The number of carbonyl (C=O) groups is 1. The number of nitrogens with two attached hydrogens (primary N) is 1. The van der Waals surface area contributed by atoms with Gasteiger partial charge in [0, 0.05) is 24.2 Å². The number of benzene rings is 2. The lowest BCUT2D eigenvalue weighted by Gasteiger charge is -2.29. The summed E-state index contributed by atoms with van der Waals surface area (Å²) in [4.78, 5) is 23.8. The molecule has 0 saturated carbocycles. The minimum atomic E-state index is -4.50. The number of nitrogens with one attached hydrogen (secondary N) is 1. The van der Waals surface area contributed by atoms with E-state index in [1.165, 1.54) is 6.07 Å². The maximum atomic E-state index is 13.3. The molecule has 3 heterocycles. The highest BCUT2D eigenvalue weighted by Gasteiger charge is 2.33. The number of amides is 1. The number of hydrogen-bond acceptors (Lipinski definition) is 6. The third-order valence-electron chi connectivity index (χ3n) is 6.79. The van der Waals surface area contributed by atoms with Crippen molar-refractivity contribution in [1.82, 2.24) is 14.9 Å². The van der Waals surface area contributed by atoms with Gasteiger partial charge in [0.1, 0.15) is 17.4 Å². The number of nitrogen functional groups attached to an aromatic ring is 1. The van der Waals surface area contributed by atoms with Gasteiger partial charge in [-0.2, -0.15) is 13.2 Å². The number of fused-ring (bicyclic) bond motifs is 2. The van der Waals surface area contributed by atoms with Crippen molar-refractivity contribution in [2.75, 3.05) is 24.1 Å². The van der Waals surface area contributed by atoms with Gasteiger partial charge >= 0.3 is 6.18 Å². The summed E-state index contributed by atoms with van der Waals surface area (Å²) in [6.07, 6.45) is -1.69. The lowest BCUT2D eigenvalue weighted by atomic mass is 9.99. The normalized spacial score (nSPS) is 18.6. The van der Waals surface area contributed by atoms with Gasteiger partial charge in [-0.15, -0.1) is 0 Å². The van der Waals surface area contributed by atoms with Crippen LogP contribution < -0.4 is 15.8 Å². The van der Waals surface area contributed by atoms with E-state index in [9.17, 15) is 18.0 Å². The van der Waals surface area contributed by atoms with Crippen LogP contribution in [0.1, 0.15) is 54.7 Å². The van der Waals surface area contributed by atoms with Crippen LogP contribution in [0.5, 0.6) is 5.75 Å². The van der Waals surface area contributed by atoms with E-state index in [0.717, 1.165) is 43.6 Å². The van der Waals surface area contributed by atoms with Crippen LogP contribution in [-0.2, 0) is 17.4 Å². The predicted molar refractivity (Wildman–Crippen MR) is 131 cm³/mol. The summed E-state index contributed by atoms with van der Waals surface area (Å²) >= 11 is 0. The first-order valence-corrected chi connectivity index (χ1v) is 12.1. The van der Waals surface area contributed by atoms with Gasteiger partial charge in [0.15, 0.2) is 6.10 Å². The smallest absolute Gasteiger partial charge is 0.416 e. The Kier molecular flexibility index (Phi) is 6.13. The summed E-state index contributed by atoms with van der Waals surface area (Å²) in [7, 11) is 0. The number of ether oxygens (including phenoxy) is 1. The van der Waals surface area contributed by atoms with Gasteiger partial charge in [-0.05, 0) is 81.0 Å². The molecule has 0 spiro atoms. The number of hydrogen-bond donors (Lipinski definition) is 2. The summed E-state index contributed by atoms with van der Waals surface area (Å²) in [6, 6.07) is 6.77. The fourth-order valence-corrected chi connectivity index (χ4v) is 4.92. The Morgan fingerprint density at radius 1 is 1.17 bits per heavy atom. The van der Waals surface area contributed by atoms with Crippen LogP contribution in [-0.4, -0.2) is 40.0 Å². The van der Waals surface area contributed by atoms with Gasteiger partial charge < -0.3 is 20.7 Å². The molecule has 5 rings (SSSR count). The molecule has 2 aliphatic heterocycles. The molecule has 0 unspecified atom stereocenters. The second kappa shape index (κ2) is 9.15. The number of likely N-dealkylation sites (tertiary alicyclic amines) is 1. The zero-order valence-corrected chi connectivity index (χ0v) is 20.2. The van der Waals surface area contributed by atoms with Crippen LogP contribution in [0.2, 0.25) is 0 Å². The molecule has 1 fully saturated rings. The van der Waals surface area contributed by atoms with Gasteiger partial charge in [0.2, 0.25) is 0 Å². The molecule has 3 aromatic rings. The van der Waals surface area contributed by atoms with Crippen LogP contribution >= 0.6 is 0 Å². The average molecular weight is 500 g/mol. The highest BCUT2D eigenvalue weighted by Crippen LogP contribution is 2.37. The van der Waals surface area contributed by atoms with Crippen LogP contribution in [0.25, 0.3) is 10.9 Å². The van der Waals surface area contributed by atoms with Crippen molar-refractivity contribution in [3.63, 3.8) is 0 Å². The number of anilines is 2. The zero-order valence-electron chi connectivity index (χ0n) is 20.2. The van der Waals surface area contributed by atoms with E-state index in [4.69, 9.17) is 10.5 Å². The molecule has 0 aliphatic carbocycles. The topological polar surface area (TPSA) is 93.4 Å². The summed E-state index contributed by atoms with van der Waals surface area (Å²) in [5.41, 5.74) is 7.05. The van der Waals surface area contributed by atoms with E-state index in [-0.39, 0.29) is 11.6 Å². The third kappa shape index (κ3) is 4.76. The number of carbonyl (C=O) groups excluding carboxylic acids is 1. The largest absolute Gasteiger partial charge is 0.480 e. The highest BCUT2D eigenvalue weighted by atomic mass is 19.4. The van der Waals surface area contributed by atoms with Crippen molar-refractivity contribution in [2.24, 2.45) is 0 Å². The van der Waals surface area contributed by atoms with Gasteiger partial charge in [-0.25, -0.2) is 9.97 Å². The van der Waals surface area contributed by atoms with E-state index in [2.05, 4.69) is 15.3 Å². The Bertz CT molecular complexity index is 1320. The molecule has 0 bridgehead atoms. The number of aromatic nitrogens is 2. The molecule has 2 aliphatic rings. The number of halogens is 3. The molecule has 3 N–H and O–H groups in total. The molecule has 2 aromatic carbocycles. The van der Waals surface area contributed by atoms with E-state index in [1.807, 2.05) is 17.0 Å². The van der Waals surface area contributed by atoms with Crippen molar-refractivity contribution in [1.29, 1.82) is 0 Å². The second-order valence-corrected chi connectivity index (χ2v) is 9.53. The fourth-order valence-electron chi connectivity index (χ4n) is 4.92. The van der Waals surface area contributed by atoms with Gasteiger partial charge in [-0.3, -0.25) is 4.79 Å². The SMILES string of the molecule is Cc1nc(N[C@H](C)c2cc(N)cc(C(F)(F)F)c2)c2cc3c(cc2n1)CC[C@H](C(=O)N1CCCC1)O3. The monoisotopic (exact) mass is 499 g/mol. The molecule has 1 saturated heterocycles. The lowest BCUT2D eigenvalue weighted by molar-refractivity contribution is -0.138. The maximum absolute atomic E-state index is 13.3. The first-order chi connectivity index (χ1) is 17.1. The Hall–Kier alpha value is -3.56. The summed E-state index contributed by atoms with van der Waals surface area (Å²) in [5.74, 6) is 1.63. The molecule has 1 amide bonds. The standard InChI is InChI=1S/C26H28F3N5O2/c1-14(17-9-18(26(27,28)29)12-19(30)10-17)31-24-20-13-23-16(11-21(20)32-15(2)33-24)5-6-22(36-23)25(35)34-7-3-4-8-34/h9-14,22H,3-8,30H2,1-2H3,(H,31,32,33)/t14-,22-/m1/s1. The van der Waals surface area contributed by atoms with Crippen LogP contribution in [0.15, 0.2) is 30.3 Å². The molecular weight excluding hydrogens is 471 g/mol. The lowest BCUT2D eigenvalue weighted by Crippen LogP contribution is -2.42. The van der Waals surface area contributed by atoms with Crippen LogP contribution in [0, 0.1) is 6.92 Å². The summed E-state index contributed by atoms with van der Waals surface area (Å²) < 4.78 is 46.1. The first kappa shape index (κ1) is 24.1. The molecule has 190 valence electrons. The predicted octanol–water partition coefficient (Wildman–Crippen LogP) is 5.03. The molecule has 36 heavy (non-hydrogen) atoms. The molecule has 10 heteroatoms. The Labute approximate surface area is 206 Å². The minimum absolute atomic E-state index is 0.0208. The second-order valence-electron chi connectivity index (χ2n) is 9.53. The van der Waals surface area contributed by atoms with E-state index in [0.29, 0.717) is 46.7 Å². The maximum Gasteiger partial charge on any atom is 0.416 e. The zero-order chi connectivity index (χ0) is 25.6. The fraction of sp³-hybridized carbons (Fsp3) is 0.423. The summed E-state index contributed by atoms with van der Waals surface area (Å²) in [5, 5.41) is 3.90. The van der Waals surface area contributed by atoms with Gasteiger partial charge in [0.25, 0.3) is 5.91 Å². The van der Waals surface area contributed by atoms with Crippen LogP contribution in [0.3, 0.4) is 0 Å².